The molecule has 3 aromatic rings. The summed E-state index contributed by atoms with van der Waals surface area (Å²) < 4.78 is 5.30. The number of hydrogen-bond acceptors (Lipinski definition) is 4. The third-order valence-corrected chi connectivity index (χ3v) is 4.94. The minimum atomic E-state index is -0.0331. The minimum Gasteiger partial charge on any atom is -0.497 e. The number of nitrogens with zero attached hydrogens (tertiary/aromatic N) is 3. The third kappa shape index (κ3) is 4.07. The summed E-state index contributed by atoms with van der Waals surface area (Å²) in [6, 6.07) is 26.0. The van der Waals surface area contributed by atoms with E-state index in [1.165, 1.54) is 5.56 Å². The monoisotopic (exact) mass is 389 g/mol. The second-order valence-corrected chi connectivity index (χ2v) is 6.99. The summed E-state index contributed by atoms with van der Waals surface area (Å²) in [4.78, 5) is 0. The van der Waals surface area contributed by atoms with Gasteiger partial charge in [-0.1, -0.05) is 71.4 Å². The van der Waals surface area contributed by atoms with E-state index in [0.717, 1.165) is 22.6 Å². The maximum Gasteiger partial charge on any atom is 0.118 e. The molecule has 1 heterocycles. The third-order valence-electron chi connectivity index (χ3n) is 4.69. The van der Waals surface area contributed by atoms with E-state index in [9.17, 15) is 0 Å². The molecule has 140 valence electrons. The smallest absolute Gasteiger partial charge is 0.118 e. The first-order chi connectivity index (χ1) is 13.7. The lowest BCUT2D eigenvalue weighted by atomic mass is 10.0. The summed E-state index contributed by atoms with van der Waals surface area (Å²) in [5.74, 6) is 0.831. The van der Waals surface area contributed by atoms with Crippen LogP contribution in [0.15, 0.2) is 95.3 Å². The maximum atomic E-state index is 6.02. The van der Waals surface area contributed by atoms with Crippen LogP contribution in [0.5, 0.6) is 5.75 Å². The summed E-state index contributed by atoms with van der Waals surface area (Å²) in [7, 11) is 1.67. The predicted octanol–water partition coefficient (Wildman–Crippen LogP) is 6.31. The predicted molar refractivity (Wildman–Crippen MR) is 112 cm³/mol. The van der Waals surface area contributed by atoms with E-state index in [1.54, 1.807) is 7.11 Å². The van der Waals surface area contributed by atoms with E-state index in [-0.39, 0.29) is 6.04 Å². The van der Waals surface area contributed by atoms with E-state index in [0.29, 0.717) is 11.6 Å². The molecule has 0 saturated heterocycles. The zero-order valence-corrected chi connectivity index (χ0v) is 16.3. The first kappa shape index (κ1) is 18.3. The standard InChI is InChI=1S/C23H20ClN3O/c1-28-21-13-9-19(10-14-21)23-15-22(18-7-11-20(24)12-8-18)25-26-27(23)16-17-5-3-2-4-6-17/h2-15,23H,16H2,1H3. The van der Waals surface area contributed by atoms with Crippen LogP contribution < -0.4 is 4.74 Å². The Labute approximate surface area is 169 Å². The molecule has 5 heteroatoms. The van der Waals surface area contributed by atoms with Crippen molar-refractivity contribution in [2.75, 3.05) is 7.11 Å². The lowest BCUT2D eigenvalue weighted by Gasteiger charge is -2.29. The van der Waals surface area contributed by atoms with Gasteiger partial charge in [0, 0.05) is 10.6 Å². The molecule has 0 saturated carbocycles. The van der Waals surface area contributed by atoms with Crippen LogP contribution in [0.25, 0.3) is 5.70 Å². The molecule has 1 aliphatic rings. The Kier molecular flexibility index (Phi) is 5.40. The summed E-state index contributed by atoms with van der Waals surface area (Å²) >= 11 is 6.02. The molecule has 3 aromatic carbocycles. The average Bonchev–Trinajstić information content (AvgIpc) is 2.75. The van der Waals surface area contributed by atoms with Gasteiger partial charge in [0.05, 0.1) is 25.4 Å². The van der Waals surface area contributed by atoms with Gasteiger partial charge in [-0.25, -0.2) is 0 Å². The SMILES string of the molecule is COc1ccc(C2C=C(c3ccc(Cl)cc3)N=NN2Cc2ccccc2)cc1. The lowest BCUT2D eigenvalue weighted by Crippen LogP contribution is -2.24. The molecule has 4 nitrogen and oxygen atoms in total. The average molecular weight is 390 g/mol. The second kappa shape index (κ2) is 8.28. The Morgan fingerprint density at radius 1 is 0.929 bits per heavy atom. The number of ether oxygens (including phenoxy) is 1. The van der Waals surface area contributed by atoms with Gasteiger partial charge < -0.3 is 4.74 Å². The van der Waals surface area contributed by atoms with Crippen molar-refractivity contribution in [1.82, 2.24) is 5.01 Å². The van der Waals surface area contributed by atoms with Crippen LogP contribution in [-0.2, 0) is 6.54 Å². The molecular weight excluding hydrogens is 370 g/mol. The zero-order chi connectivity index (χ0) is 19.3. The van der Waals surface area contributed by atoms with Crippen molar-refractivity contribution in [1.29, 1.82) is 0 Å². The molecule has 0 radical (unpaired) electrons. The van der Waals surface area contributed by atoms with Crippen LogP contribution in [0.3, 0.4) is 0 Å². The summed E-state index contributed by atoms with van der Waals surface area (Å²) in [6.07, 6.45) is 2.14. The molecule has 1 atom stereocenters. The van der Waals surface area contributed by atoms with E-state index >= 15 is 0 Å². The van der Waals surface area contributed by atoms with Gasteiger partial charge in [0.25, 0.3) is 0 Å². The van der Waals surface area contributed by atoms with Crippen LogP contribution in [0.2, 0.25) is 5.02 Å². The highest BCUT2D eigenvalue weighted by Crippen LogP contribution is 2.34. The number of benzene rings is 3. The molecule has 0 aliphatic carbocycles. The maximum absolute atomic E-state index is 6.02. The normalized spacial score (nSPS) is 16.0. The van der Waals surface area contributed by atoms with Gasteiger partial charge in [0.2, 0.25) is 0 Å². The molecule has 1 unspecified atom stereocenters. The number of rotatable bonds is 5. The zero-order valence-electron chi connectivity index (χ0n) is 15.5. The fraction of sp³-hybridized carbons (Fsp3) is 0.130. The fourth-order valence-electron chi connectivity index (χ4n) is 3.17. The van der Waals surface area contributed by atoms with Gasteiger partial charge >= 0.3 is 0 Å². The second-order valence-electron chi connectivity index (χ2n) is 6.55. The Hall–Kier alpha value is -3.11. The van der Waals surface area contributed by atoms with Crippen LogP contribution in [-0.4, -0.2) is 12.1 Å². The van der Waals surface area contributed by atoms with Crippen molar-refractivity contribution in [2.45, 2.75) is 12.6 Å². The van der Waals surface area contributed by atoms with Gasteiger partial charge in [-0.3, -0.25) is 5.01 Å². The molecule has 4 rings (SSSR count). The lowest BCUT2D eigenvalue weighted by molar-refractivity contribution is 0.210. The largest absolute Gasteiger partial charge is 0.497 e. The highest BCUT2D eigenvalue weighted by Gasteiger charge is 2.23. The summed E-state index contributed by atoms with van der Waals surface area (Å²) in [5.41, 5.74) is 4.14. The summed E-state index contributed by atoms with van der Waals surface area (Å²) in [5, 5.41) is 11.7. The number of methoxy groups -OCH3 is 1. The van der Waals surface area contributed by atoms with Crippen molar-refractivity contribution in [3.8, 4) is 5.75 Å². The molecule has 0 bridgehead atoms. The number of hydrogen-bond donors (Lipinski definition) is 0. The summed E-state index contributed by atoms with van der Waals surface area (Å²) in [6.45, 7) is 0.672. The van der Waals surface area contributed by atoms with Gasteiger partial charge in [-0.15, -0.1) is 5.11 Å². The van der Waals surface area contributed by atoms with Crippen LogP contribution >= 0.6 is 11.6 Å². The van der Waals surface area contributed by atoms with Gasteiger partial charge in [-0.2, -0.15) is 0 Å². The van der Waals surface area contributed by atoms with Crippen molar-refractivity contribution >= 4 is 17.3 Å². The van der Waals surface area contributed by atoms with Crippen molar-refractivity contribution in [3.05, 3.63) is 107 Å². The van der Waals surface area contributed by atoms with Crippen molar-refractivity contribution in [2.24, 2.45) is 10.3 Å². The highest BCUT2D eigenvalue weighted by molar-refractivity contribution is 6.30. The van der Waals surface area contributed by atoms with E-state index in [2.05, 4.69) is 40.7 Å². The Bertz CT molecular complexity index is 983. The Morgan fingerprint density at radius 3 is 2.32 bits per heavy atom. The quantitative estimate of drug-likeness (QED) is 0.512. The minimum absolute atomic E-state index is 0.0331. The highest BCUT2D eigenvalue weighted by atomic mass is 35.5. The van der Waals surface area contributed by atoms with Gasteiger partial charge in [0.1, 0.15) is 5.75 Å². The van der Waals surface area contributed by atoms with Crippen molar-refractivity contribution < 1.29 is 4.74 Å². The first-order valence-corrected chi connectivity index (χ1v) is 9.45. The molecule has 1 aliphatic heterocycles. The Morgan fingerprint density at radius 2 is 1.64 bits per heavy atom. The molecule has 0 amide bonds. The first-order valence-electron chi connectivity index (χ1n) is 9.07. The Balaban J connectivity index is 1.68. The van der Waals surface area contributed by atoms with Gasteiger partial charge in [-0.05, 0) is 41.5 Å². The van der Waals surface area contributed by atoms with Gasteiger partial charge in [0.15, 0.2) is 0 Å². The topological polar surface area (TPSA) is 37.2 Å². The molecule has 0 spiro atoms. The molecule has 0 N–H and O–H groups in total. The molecule has 0 aromatic heterocycles. The van der Waals surface area contributed by atoms with E-state index in [4.69, 9.17) is 16.3 Å². The molecule has 28 heavy (non-hydrogen) atoms. The van der Waals surface area contributed by atoms with E-state index < -0.39 is 0 Å². The van der Waals surface area contributed by atoms with Crippen LogP contribution in [0, 0.1) is 0 Å². The molecule has 0 fully saturated rings. The van der Waals surface area contributed by atoms with Crippen LogP contribution in [0.1, 0.15) is 22.7 Å². The number of halogens is 1. The van der Waals surface area contributed by atoms with Crippen molar-refractivity contribution in [3.63, 3.8) is 0 Å². The van der Waals surface area contributed by atoms with Crippen LogP contribution in [0.4, 0.5) is 0 Å². The van der Waals surface area contributed by atoms with E-state index in [1.807, 2.05) is 59.6 Å². The molecular formula is C23H20ClN3O. The fourth-order valence-corrected chi connectivity index (χ4v) is 3.30.